The number of nitrogens with two attached hydrogens (primary N) is 1. The maximum absolute atomic E-state index is 6.15. The molecule has 0 saturated carbocycles. The van der Waals surface area contributed by atoms with Gasteiger partial charge in [0.05, 0.1) is 5.02 Å². The van der Waals surface area contributed by atoms with E-state index in [0.717, 1.165) is 15.6 Å². The number of aryl methyl sites for hydroxylation is 1. The molecule has 0 radical (unpaired) electrons. The van der Waals surface area contributed by atoms with Gasteiger partial charge < -0.3 is 10.5 Å². The number of halogens is 2. The third-order valence-electron chi connectivity index (χ3n) is 2.82. The zero-order chi connectivity index (χ0) is 13.8. The molecule has 2 aromatic carbocycles. The minimum atomic E-state index is -0.227. The van der Waals surface area contributed by atoms with E-state index in [1.54, 1.807) is 0 Å². The Bertz CT molecular complexity index is 574. The van der Waals surface area contributed by atoms with Gasteiger partial charge >= 0.3 is 0 Å². The van der Waals surface area contributed by atoms with Crippen molar-refractivity contribution >= 4 is 27.5 Å². The summed E-state index contributed by atoms with van der Waals surface area (Å²) in [5, 5.41) is 0.594. The summed E-state index contributed by atoms with van der Waals surface area (Å²) in [4.78, 5) is 0. The summed E-state index contributed by atoms with van der Waals surface area (Å²) in [5.74, 6) is 0.660. The van der Waals surface area contributed by atoms with Gasteiger partial charge in [-0.2, -0.15) is 0 Å². The fraction of sp³-hybridized carbons (Fsp3) is 0.200. The van der Waals surface area contributed by atoms with Gasteiger partial charge in [0.1, 0.15) is 11.9 Å². The molecule has 100 valence electrons. The van der Waals surface area contributed by atoms with Gasteiger partial charge in [0.15, 0.2) is 0 Å². The third-order valence-corrected chi connectivity index (χ3v) is 3.86. The van der Waals surface area contributed by atoms with Crippen molar-refractivity contribution < 1.29 is 4.74 Å². The lowest BCUT2D eigenvalue weighted by atomic mass is 10.1. The standard InChI is InChI=1S/C15H15BrClNO/c1-10-6-7-13(17)14(8-10)19-15(9-18)11-4-2-3-5-12(11)16/h2-8,15H,9,18H2,1H3. The zero-order valence-corrected chi connectivity index (χ0v) is 12.9. The van der Waals surface area contributed by atoms with Crippen molar-refractivity contribution in [1.29, 1.82) is 0 Å². The molecular weight excluding hydrogens is 326 g/mol. The molecule has 0 aliphatic rings. The Labute approximate surface area is 126 Å². The second-order valence-electron chi connectivity index (χ2n) is 4.30. The summed E-state index contributed by atoms with van der Waals surface area (Å²) in [6, 6.07) is 13.6. The first-order valence-electron chi connectivity index (χ1n) is 5.99. The van der Waals surface area contributed by atoms with E-state index in [1.165, 1.54) is 0 Å². The molecule has 0 spiro atoms. The summed E-state index contributed by atoms with van der Waals surface area (Å²) in [6.45, 7) is 2.38. The summed E-state index contributed by atoms with van der Waals surface area (Å²) in [7, 11) is 0. The quantitative estimate of drug-likeness (QED) is 0.890. The van der Waals surface area contributed by atoms with Crippen molar-refractivity contribution in [2.75, 3.05) is 6.54 Å². The van der Waals surface area contributed by atoms with Gasteiger partial charge in [-0.1, -0.05) is 51.8 Å². The molecule has 1 atom stereocenters. The van der Waals surface area contributed by atoms with E-state index < -0.39 is 0 Å². The molecule has 0 fully saturated rings. The molecule has 2 aromatic rings. The molecular formula is C15H15BrClNO. The van der Waals surface area contributed by atoms with E-state index in [2.05, 4.69) is 15.9 Å². The highest BCUT2D eigenvalue weighted by Gasteiger charge is 2.15. The lowest BCUT2D eigenvalue weighted by Gasteiger charge is -2.20. The Morgan fingerprint density at radius 2 is 2.00 bits per heavy atom. The van der Waals surface area contributed by atoms with Gasteiger partial charge in [-0.15, -0.1) is 0 Å². The Balaban J connectivity index is 2.29. The van der Waals surface area contributed by atoms with Crippen LogP contribution in [0.4, 0.5) is 0 Å². The van der Waals surface area contributed by atoms with E-state index in [-0.39, 0.29) is 6.10 Å². The normalized spacial score (nSPS) is 12.2. The maximum Gasteiger partial charge on any atom is 0.139 e. The van der Waals surface area contributed by atoms with E-state index in [0.29, 0.717) is 17.3 Å². The van der Waals surface area contributed by atoms with E-state index in [9.17, 15) is 0 Å². The summed E-state index contributed by atoms with van der Waals surface area (Å²) in [6.07, 6.45) is -0.227. The van der Waals surface area contributed by atoms with Crippen molar-refractivity contribution in [3.8, 4) is 5.75 Å². The van der Waals surface area contributed by atoms with E-state index >= 15 is 0 Å². The Morgan fingerprint density at radius 1 is 1.26 bits per heavy atom. The first-order valence-corrected chi connectivity index (χ1v) is 7.16. The topological polar surface area (TPSA) is 35.2 Å². The number of rotatable bonds is 4. The SMILES string of the molecule is Cc1ccc(Cl)c(OC(CN)c2ccccc2Br)c1. The average Bonchev–Trinajstić information content (AvgIpc) is 2.41. The minimum absolute atomic E-state index is 0.227. The van der Waals surface area contributed by atoms with Crippen LogP contribution in [0.15, 0.2) is 46.9 Å². The van der Waals surface area contributed by atoms with Crippen LogP contribution in [-0.2, 0) is 0 Å². The second-order valence-corrected chi connectivity index (χ2v) is 5.56. The Kier molecular flexibility index (Phi) is 4.86. The van der Waals surface area contributed by atoms with Crippen LogP contribution in [0.5, 0.6) is 5.75 Å². The van der Waals surface area contributed by atoms with Gasteiger partial charge in [-0.3, -0.25) is 0 Å². The van der Waals surface area contributed by atoms with Gasteiger partial charge in [0.25, 0.3) is 0 Å². The van der Waals surface area contributed by atoms with Crippen molar-refractivity contribution in [2.45, 2.75) is 13.0 Å². The average molecular weight is 341 g/mol. The second kappa shape index (κ2) is 6.42. The summed E-state index contributed by atoms with van der Waals surface area (Å²) in [5.41, 5.74) is 7.94. The molecule has 0 aromatic heterocycles. The van der Waals surface area contributed by atoms with Crippen LogP contribution in [0, 0.1) is 6.92 Å². The fourth-order valence-electron chi connectivity index (χ4n) is 1.83. The number of ether oxygens (including phenoxy) is 1. The highest BCUT2D eigenvalue weighted by atomic mass is 79.9. The lowest BCUT2D eigenvalue weighted by molar-refractivity contribution is 0.213. The smallest absolute Gasteiger partial charge is 0.139 e. The highest BCUT2D eigenvalue weighted by Crippen LogP contribution is 2.32. The predicted molar refractivity (Wildman–Crippen MR) is 82.8 cm³/mol. The predicted octanol–water partition coefficient (Wildman–Crippen LogP) is 4.49. The summed E-state index contributed by atoms with van der Waals surface area (Å²) < 4.78 is 6.94. The van der Waals surface area contributed by atoms with E-state index in [1.807, 2.05) is 49.4 Å². The molecule has 0 aliphatic heterocycles. The third kappa shape index (κ3) is 3.50. The first kappa shape index (κ1) is 14.4. The lowest BCUT2D eigenvalue weighted by Crippen LogP contribution is -2.19. The van der Waals surface area contributed by atoms with Crippen LogP contribution in [0.2, 0.25) is 5.02 Å². The van der Waals surface area contributed by atoms with Gasteiger partial charge in [-0.25, -0.2) is 0 Å². The van der Waals surface area contributed by atoms with Gasteiger partial charge in [0.2, 0.25) is 0 Å². The van der Waals surface area contributed by atoms with E-state index in [4.69, 9.17) is 22.1 Å². The van der Waals surface area contributed by atoms with Gasteiger partial charge in [-0.05, 0) is 30.7 Å². The van der Waals surface area contributed by atoms with Crippen LogP contribution in [-0.4, -0.2) is 6.54 Å². The number of hydrogen-bond acceptors (Lipinski definition) is 2. The van der Waals surface area contributed by atoms with Crippen LogP contribution >= 0.6 is 27.5 Å². The van der Waals surface area contributed by atoms with Crippen molar-refractivity contribution in [2.24, 2.45) is 5.73 Å². The largest absolute Gasteiger partial charge is 0.483 e. The minimum Gasteiger partial charge on any atom is -0.483 e. The van der Waals surface area contributed by atoms with Crippen LogP contribution < -0.4 is 10.5 Å². The molecule has 0 heterocycles. The maximum atomic E-state index is 6.15. The molecule has 2 nitrogen and oxygen atoms in total. The monoisotopic (exact) mass is 339 g/mol. The summed E-state index contributed by atoms with van der Waals surface area (Å²) >= 11 is 9.66. The Hall–Kier alpha value is -1.03. The number of hydrogen-bond donors (Lipinski definition) is 1. The highest BCUT2D eigenvalue weighted by molar-refractivity contribution is 9.10. The molecule has 2 rings (SSSR count). The van der Waals surface area contributed by atoms with Gasteiger partial charge in [0, 0.05) is 16.6 Å². The molecule has 0 aliphatic carbocycles. The van der Waals surface area contributed by atoms with Crippen LogP contribution in [0.3, 0.4) is 0 Å². The molecule has 2 N–H and O–H groups in total. The molecule has 19 heavy (non-hydrogen) atoms. The molecule has 0 amide bonds. The fourth-order valence-corrected chi connectivity index (χ4v) is 2.53. The molecule has 0 bridgehead atoms. The molecule has 1 unspecified atom stereocenters. The molecule has 0 saturated heterocycles. The van der Waals surface area contributed by atoms with Crippen molar-refractivity contribution in [1.82, 2.24) is 0 Å². The van der Waals surface area contributed by atoms with Crippen LogP contribution in [0.1, 0.15) is 17.2 Å². The van der Waals surface area contributed by atoms with Crippen molar-refractivity contribution in [3.63, 3.8) is 0 Å². The number of benzene rings is 2. The molecule has 4 heteroatoms. The zero-order valence-electron chi connectivity index (χ0n) is 10.6. The van der Waals surface area contributed by atoms with Crippen LogP contribution in [0.25, 0.3) is 0 Å². The van der Waals surface area contributed by atoms with Crippen molar-refractivity contribution in [3.05, 3.63) is 63.1 Å². The first-order chi connectivity index (χ1) is 9.11. The Morgan fingerprint density at radius 3 is 2.68 bits per heavy atom.